The number of hydrogen-bond donors (Lipinski definition) is 1. The fraction of sp³-hybridized carbons (Fsp3) is 0. The maximum atomic E-state index is 4.00. The van der Waals surface area contributed by atoms with Crippen LogP contribution in [-0.2, 0) is 0 Å². The molecule has 0 spiro atoms. The Hall–Kier alpha value is -1.38. The van der Waals surface area contributed by atoms with Crippen LogP contribution in [-0.4, -0.2) is 15.0 Å². The van der Waals surface area contributed by atoms with Crippen molar-refractivity contribution in [2.24, 2.45) is 0 Å². The molecule has 2 aromatic heterocycles. The number of H-pyrrole nitrogens is 1. The van der Waals surface area contributed by atoms with Crippen LogP contribution >= 0.6 is 0 Å². The second-order valence-corrected chi connectivity index (χ2v) is 1.78. The van der Waals surface area contributed by atoms with Crippen molar-refractivity contribution in [3.63, 3.8) is 0 Å². The number of imidazole rings is 1. The van der Waals surface area contributed by atoms with Gasteiger partial charge in [0.2, 0.25) is 0 Å². The molecule has 0 unspecified atom stereocenters. The van der Waals surface area contributed by atoms with Crippen molar-refractivity contribution in [1.82, 2.24) is 15.0 Å². The minimum Gasteiger partial charge on any atom is -0.343 e. The first-order chi connectivity index (χ1) is 4.47. The smallest absolute Gasteiger partial charge is 0.177 e. The molecule has 0 aromatic carbocycles. The van der Waals surface area contributed by atoms with Gasteiger partial charge >= 0.3 is 0 Å². The van der Waals surface area contributed by atoms with E-state index < -0.39 is 0 Å². The van der Waals surface area contributed by atoms with Gasteiger partial charge in [-0.1, -0.05) is 0 Å². The van der Waals surface area contributed by atoms with Gasteiger partial charge < -0.3 is 4.98 Å². The largest absolute Gasteiger partial charge is 0.343 e. The molecular formula is C6H7N3. The van der Waals surface area contributed by atoms with Crippen molar-refractivity contribution in [1.29, 1.82) is 0 Å². The quantitative estimate of drug-likeness (QED) is 0.569. The molecule has 0 saturated heterocycles. The number of nitrogens with zero attached hydrogens (tertiary/aromatic N) is 2. The summed E-state index contributed by atoms with van der Waals surface area (Å²) in [6.07, 6.45) is 3.36. The zero-order valence-corrected chi connectivity index (χ0v) is 4.70. The van der Waals surface area contributed by atoms with E-state index in [1.807, 2.05) is 12.1 Å². The van der Waals surface area contributed by atoms with Gasteiger partial charge in [0.1, 0.15) is 0 Å². The minimum atomic E-state index is 0. The Balaban J connectivity index is 0.000000500. The maximum Gasteiger partial charge on any atom is 0.177 e. The van der Waals surface area contributed by atoms with Crippen LogP contribution in [0.1, 0.15) is 1.43 Å². The standard InChI is InChI=1S/C6H5N3.H2/c1-2-5-6(7-3-1)9-4-8-5;/h1-4H,(H,7,8,9);1H. The number of rotatable bonds is 0. The topological polar surface area (TPSA) is 41.6 Å². The third kappa shape index (κ3) is 0.579. The lowest BCUT2D eigenvalue weighted by Crippen LogP contribution is -1.71. The van der Waals surface area contributed by atoms with Gasteiger partial charge in [-0.05, 0) is 12.1 Å². The summed E-state index contributed by atoms with van der Waals surface area (Å²) in [5, 5.41) is 0. The summed E-state index contributed by atoms with van der Waals surface area (Å²) in [5.41, 5.74) is 1.76. The molecule has 0 aliphatic rings. The van der Waals surface area contributed by atoms with Gasteiger partial charge in [-0.2, -0.15) is 0 Å². The lowest BCUT2D eigenvalue weighted by molar-refractivity contribution is 1.30. The first kappa shape index (κ1) is 4.49. The zero-order valence-electron chi connectivity index (χ0n) is 4.70. The second-order valence-electron chi connectivity index (χ2n) is 1.78. The molecule has 0 fully saturated rings. The zero-order chi connectivity index (χ0) is 6.10. The average molecular weight is 121 g/mol. The monoisotopic (exact) mass is 121 g/mol. The van der Waals surface area contributed by atoms with E-state index in [1.165, 1.54) is 0 Å². The molecule has 3 nitrogen and oxygen atoms in total. The van der Waals surface area contributed by atoms with E-state index in [-0.39, 0.29) is 1.43 Å². The molecule has 2 rings (SSSR count). The van der Waals surface area contributed by atoms with Crippen molar-refractivity contribution >= 4 is 11.2 Å². The molecule has 0 aliphatic carbocycles. The Morgan fingerprint density at radius 3 is 3.33 bits per heavy atom. The molecule has 2 aromatic rings. The van der Waals surface area contributed by atoms with Crippen molar-refractivity contribution < 1.29 is 1.43 Å². The number of aromatic nitrogens is 3. The highest BCUT2D eigenvalue weighted by Crippen LogP contribution is 2.01. The Bertz CT molecular complexity index is 287. The van der Waals surface area contributed by atoms with Gasteiger partial charge in [0.15, 0.2) is 5.65 Å². The number of fused-ring (bicyclic) bond motifs is 1. The van der Waals surface area contributed by atoms with Crippen LogP contribution in [0.4, 0.5) is 0 Å². The highest BCUT2D eigenvalue weighted by Gasteiger charge is 1.90. The number of nitrogens with one attached hydrogen (secondary N) is 1. The van der Waals surface area contributed by atoms with Crippen LogP contribution in [0.3, 0.4) is 0 Å². The molecule has 3 heteroatoms. The molecule has 0 atom stereocenters. The fourth-order valence-corrected chi connectivity index (χ4v) is 0.775. The van der Waals surface area contributed by atoms with Gasteiger partial charge in [-0.25, -0.2) is 9.97 Å². The van der Waals surface area contributed by atoms with E-state index in [9.17, 15) is 0 Å². The van der Waals surface area contributed by atoms with Crippen molar-refractivity contribution in [3.05, 3.63) is 24.7 Å². The van der Waals surface area contributed by atoms with Crippen LogP contribution in [0.5, 0.6) is 0 Å². The van der Waals surface area contributed by atoms with Crippen LogP contribution in [0.15, 0.2) is 24.7 Å². The van der Waals surface area contributed by atoms with E-state index in [0.717, 1.165) is 11.2 Å². The molecule has 0 amide bonds. The second kappa shape index (κ2) is 1.55. The predicted molar refractivity (Wildman–Crippen MR) is 36.0 cm³/mol. The lowest BCUT2D eigenvalue weighted by atomic mass is 10.4. The number of hydrogen-bond acceptors (Lipinski definition) is 2. The van der Waals surface area contributed by atoms with Crippen LogP contribution in [0.2, 0.25) is 0 Å². The summed E-state index contributed by atoms with van der Waals surface area (Å²) in [7, 11) is 0. The van der Waals surface area contributed by atoms with Crippen LogP contribution < -0.4 is 0 Å². The van der Waals surface area contributed by atoms with E-state index in [4.69, 9.17) is 0 Å². The Labute approximate surface area is 53.2 Å². The number of pyridine rings is 1. The Morgan fingerprint density at radius 2 is 2.44 bits per heavy atom. The van der Waals surface area contributed by atoms with Gasteiger partial charge in [-0.15, -0.1) is 0 Å². The van der Waals surface area contributed by atoms with Crippen molar-refractivity contribution in [2.75, 3.05) is 0 Å². The van der Waals surface area contributed by atoms with E-state index in [0.29, 0.717) is 0 Å². The molecule has 0 aliphatic heterocycles. The fourth-order valence-electron chi connectivity index (χ4n) is 0.775. The van der Waals surface area contributed by atoms with Gasteiger partial charge in [0, 0.05) is 7.62 Å². The van der Waals surface area contributed by atoms with E-state index in [1.54, 1.807) is 12.5 Å². The first-order valence-corrected chi connectivity index (χ1v) is 2.71. The maximum absolute atomic E-state index is 4.00. The Kier molecular flexibility index (Phi) is 0.773. The molecule has 2 heterocycles. The van der Waals surface area contributed by atoms with Crippen molar-refractivity contribution in [2.45, 2.75) is 0 Å². The van der Waals surface area contributed by atoms with Gasteiger partial charge in [-0.3, -0.25) is 0 Å². The molecule has 0 radical (unpaired) electrons. The van der Waals surface area contributed by atoms with Gasteiger partial charge in [0.05, 0.1) is 11.8 Å². The molecule has 46 valence electrons. The lowest BCUT2D eigenvalue weighted by Gasteiger charge is -1.80. The van der Waals surface area contributed by atoms with E-state index in [2.05, 4.69) is 15.0 Å². The highest BCUT2D eigenvalue weighted by molar-refractivity contribution is 5.68. The summed E-state index contributed by atoms with van der Waals surface area (Å²) in [6, 6.07) is 3.82. The van der Waals surface area contributed by atoms with Crippen molar-refractivity contribution in [3.8, 4) is 0 Å². The average Bonchev–Trinajstić information content (AvgIpc) is 2.33. The molecule has 0 saturated carbocycles. The Morgan fingerprint density at radius 1 is 1.44 bits per heavy atom. The third-order valence-corrected chi connectivity index (χ3v) is 1.19. The van der Waals surface area contributed by atoms with E-state index >= 15 is 0 Å². The van der Waals surface area contributed by atoms with Crippen LogP contribution in [0.25, 0.3) is 11.2 Å². The van der Waals surface area contributed by atoms with Crippen LogP contribution in [0, 0.1) is 0 Å². The SMILES string of the molecule is [HH].c1cnc2nc[nH]c2c1. The summed E-state index contributed by atoms with van der Waals surface area (Å²) in [6.45, 7) is 0. The van der Waals surface area contributed by atoms with Gasteiger partial charge in [0.25, 0.3) is 0 Å². The summed E-state index contributed by atoms with van der Waals surface area (Å²) in [4.78, 5) is 10.9. The molecule has 9 heavy (non-hydrogen) atoms. The molecular weight excluding hydrogens is 114 g/mol. The molecule has 1 N–H and O–H groups in total. The normalized spacial score (nSPS) is 10.2. The first-order valence-electron chi connectivity index (χ1n) is 2.71. The summed E-state index contributed by atoms with van der Waals surface area (Å²) in [5.74, 6) is 0. The summed E-state index contributed by atoms with van der Waals surface area (Å²) < 4.78 is 0. The third-order valence-electron chi connectivity index (χ3n) is 1.19. The summed E-state index contributed by atoms with van der Waals surface area (Å²) >= 11 is 0. The number of aromatic amines is 1. The minimum absolute atomic E-state index is 0. The highest BCUT2D eigenvalue weighted by atomic mass is 14.9. The molecule has 0 bridgehead atoms. The predicted octanol–water partition coefficient (Wildman–Crippen LogP) is 1.20.